The van der Waals surface area contributed by atoms with Crippen LogP contribution in [0.3, 0.4) is 0 Å². The first kappa shape index (κ1) is 13.9. The van der Waals surface area contributed by atoms with Crippen molar-refractivity contribution in [1.82, 2.24) is 10.3 Å². The average Bonchev–Trinajstić information content (AvgIpc) is 2.30. The average molecular weight is 238 g/mol. The van der Waals surface area contributed by atoms with Crippen LogP contribution >= 0.6 is 0 Å². The highest BCUT2D eigenvalue weighted by Gasteiger charge is 2.23. The van der Waals surface area contributed by atoms with Crippen molar-refractivity contribution in [3.63, 3.8) is 0 Å². The molecule has 17 heavy (non-hydrogen) atoms. The minimum Gasteiger partial charge on any atom is -0.492 e. The number of hydrogen-bond acceptors (Lipinski definition) is 4. The van der Waals surface area contributed by atoms with Gasteiger partial charge < -0.3 is 15.2 Å². The highest BCUT2D eigenvalue weighted by atomic mass is 16.5. The van der Waals surface area contributed by atoms with E-state index in [0.717, 1.165) is 18.7 Å². The molecular weight excluding hydrogens is 216 g/mol. The summed E-state index contributed by atoms with van der Waals surface area (Å²) in [5.41, 5.74) is -0.0798. The maximum Gasteiger partial charge on any atom is 0.137 e. The van der Waals surface area contributed by atoms with Gasteiger partial charge in [0.1, 0.15) is 5.75 Å². The van der Waals surface area contributed by atoms with Gasteiger partial charge in [-0.15, -0.1) is 0 Å². The lowest BCUT2D eigenvalue weighted by molar-refractivity contribution is 0.0475. The molecular formula is C13H22N2O2. The lowest BCUT2D eigenvalue weighted by Crippen LogP contribution is -2.28. The molecule has 4 heteroatoms. The first-order valence-corrected chi connectivity index (χ1v) is 6.11. The Balaban J connectivity index is 2.71. The van der Waals surface area contributed by atoms with E-state index in [9.17, 15) is 5.11 Å². The van der Waals surface area contributed by atoms with Crippen molar-refractivity contribution in [1.29, 1.82) is 0 Å². The van der Waals surface area contributed by atoms with Crippen LogP contribution in [0.2, 0.25) is 0 Å². The zero-order valence-corrected chi connectivity index (χ0v) is 10.9. The zero-order valence-electron chi connectivity index (χ0n) is 10.9. The van der Waals surface area contributed by atoms with Gasteiger partial charge in [0.15, 0.2) is 0 Å². The molecule has 1 unspecified atom stereocenters. The fraction of sp³-hybridized carbons (Fsp3) is 0.615. The molecule has 4 nitrogen and oxygen atoms in total. The first-order chi connectivity index (χ1) is 8.10. The van der Waals surface area contributed by atoms with Gasteiger partial charge in [-0.1, -0.05) is 6.92 Å². The number of rotatable bonds is 7. The van der Waals surface area contributed by atoms with Crippen LogP contribution in [0, 0.1) is 0 Å². The Morgan fingerprint density at radius 3 is 2.82 bits per heavy atom. The van der Waals surface area contributed by atoms with E-state index >= 15 is 0 Å². The van der Waals surface area contributed by atoms with Gasteiger partial charge >= 0.3 is 0 Å². The number of nitrogens with zero attached hydrogens (tertiary/aromatic N) is 1. The lowest BCUT2D eigenvalue weighted by Gasteiger charge is -2.24. The summed E-state index contributed by atoms with van der Waals surface area (Å²) in [5, 5.41) is 13.6. The summed E-state index contributed by atoms with van der Waals surface area (Å²) in [6, 6.07) is 1.85. The van der Waals surface area contributed by atoms with E-state index in [4.69, 9.17) is 4.74 Å². The first-order valence-electron chi connectivity index (χ1n) is 6.11. The highest BCUT2D eigenvalue weighted by Crippen LogP contribution is 2.26. The van der Waals surface area contributed by atoms with Gasteiger partial charge in [-0.05, 0) is 39.4 Å². The molecule has 0 bridgehead atoms. The monoisotopic (exact) mass is 238 g/mol. The summed E-state index contributed by atoms with van der Waals surface area (Å²) in [4.78, 5) is 4.09. The van der Waals surface area contributed by atoms with Crippen molar-refractivity contribution >= 4 is 0 Å². The number of hydrogen-bond donors (Lipinski definition) is 2. The molecule has 1 atom stereocenters. The standard InChI is InChI=1S/C13H22N2O2/c1-4-14-7-6-13(3,16)11-8-12(17-5-2)10-15-9-11/h8-10,14,16H,4-7H2,1-3H3. The molecule has 1 heterocycles. The maximum atomic E-state index is 10.4. The third kappa shape index (κ3) is 4.32. The molecule has 0 amide bonds. The van der Waals surface area contributed by atoms with Crippen molar-refractivity contribution in [2.45, 2.75) is 32.8 Å². The van der Waals surface area contributed by atoms with E-state index in [1.54, 1.807) is 19.3 Å². The Labute approximate surface area is 103 Å². The zero-order chi connectivity index (χ0) is 12.7. The molecule has 0 saturated heterocycles. The van der Waals surface area contributed by atoms with Crippen molar-refractivity contribution in [3.8, 4) is 5.75 Å². The molecule has 0 aliphatic carbocycles. The van der Waals surface area contributed by atoms with E-state index in [0.29, 0.717) is 18.8 Å². The Bertz CT molecular complexity index is 340. The number of aliphatic hydroxyl groups is 1. The largest absolute Gasteiger partial charge is 0.492 e. The Hall–Kier alpha value is -1.13. The number of ether oxygens (including phenoxy) is 1. The fourth-order valence-electron chi connectivity index (χ4n) is 1.61. The second kappa shape index (κ2) is 6.57. The predicted octanol–water partition coefficient (Wildman–Crippen LogP) is 1.69. The van der Waals surface area contributed by atoms with Crippen molar-refractivity contribution in [2.75, 3.05) is 19.7 Å². The van der Waals surface area contributed by atoms with Gasteiger partial charge in [0, 0.05) is 11.8 Å². The number of aromatic nitrogens is 1. The molecule has 0 aromatic carbocycles. The van der Waals surface area contributed by atoms with Crippen LogP contribution in [0.1, 0.15) is 32.8 Å². The summed E-state index contributed by atoms with van der Waals surface area (Å²) in [6.45, 7) is 8.07. The lowest BCUT2D eigenvalue weighted by atomic mass is 9.94. The second-order valence-corrected chi connectivity index (χ2v) is 4.22. The Morgan fingerprint density at radius 1 is 1.41 bits per heavy atom. The molecule has 2 N–H and O–H groups in total. The predicted molar refractivity (Wildman–Crippen MR) is 68.1 cm³/mol. The summed E-state index contributed by atoms with van der Waals surface area (Å²) in [5.74, 6) is 0.703. The van der Waals surface area contributed by atoms with Crippen LogP contribution in [-0.2, 0) is 5.60 Å². The van der Waals surface area contributed by atoms with E-state index in [2.05, 4.69) is 10.3 Å². The van der Waals surface area contributed by atoms with Gasteiger partial charge in [-0.3, -0.25) is 4.98 Å². The summed E-state index contributed by atoms with van der Waals surface area (Å²) in [6.07, 6.45) is 4.00. The molecule has 0 saturated carbocycles. The second-order valence-electron chi connectivity index (χ2n) is 4.22. The fourth-order valence-corrected chi connectivity index (χ4v) is 1.61. The van der Waals surface area contributed by atoms with E-state index in [1.807, 2.05) is 19.9 Å². The van der Waals surface area contributed by atoms with Crippen molar-refractivity contribution < 1.29 is 9.84 Å². The number of pyridine rings is 1. The van der Waals surface area contributed by atoms with Crippen LogP contribution in [0.4, 0.5) is 0 Å². The molecule has 96 valence electrons. The third-order valence-corrected chi connectivity index (χ3v) is 2.68. The van der Waals surface area contributed by atoms with Gasteiger partial charge in [-0.2, -0.15) is 0 Å². The topological polar surface area (TPSA) is 54.4 Å². The SMILES string of the molecule is CCNCCC(C)(O)c1cncc(OCC)c1. The Kier molecular flexibility index (Phi) is 5.38. The molecule has 0 aliphatic rings. The molecule has 0 fully saturated rings. The Morgan fingerprint density at radius 2 is 2.18 bits per heavy atom. The maximum absolute atomic E-state index is 10.4. The quantitative estimate of drug-likeness (QED) is 0.710. The van der Waals surface area contributed by atoms with E-state index in [-0.39, 0.29) is 0 Å². The summed E-state index contributed by atoms with van der Waals surface area (Å²) >= 11 is 0. The minimum absolute atomic E-state index is 0.602. The van der Waals surface area contributed by atoms with E-state index in [1.165, 1.54) is 0 Å². The molecule has 0 aliphatic heterocycles. The third-order valence-electron chi connectivity index (χ3n) is 2.68. The van der Waals surface area contributed by atoms with Crippen LogP contribution in [0.15, 0.2) is 18.5 Å². The molecule has 1 aromatic heterocycles. The molecule has 0 radical (unpaired) electrons. The van der Waals surface area contributed by atoms with Crippen LogP contribution in [-0.4, -0.2) is 29.8 Å². The van der Waals surface area contributed by atoms with Crippen LogP contribution in [0.25, 0.3) is 0 Å². The smallest absolute Gasteiger partial charge is 0.137 e. The van der Waals surface area contributed by atoms with Gasteiger partial charge in [0.2, 0.25) is 0 Å². The van der Waals surface area contributed by atoms with Gasteiger partial charge in [-0.25, -0.2) is 0 Å². The number of nitrogens with one attached hydrogen (secondary N) is 1. The van der Waals surface area contributed by atoms with Gasteiger partial charge in [0.25, 0.3) is 0 Å². The van der Waals surface area contributed by atoms with Crippen LogP contribution in [0.5, 0.6) is 5.75 Å². The van der Waals surface area contributed by atoms with Crippen molar-refractivity contribution in [3.05, 3.63) is 24.0 Å². The molecule has 0 spiro atoms. The summed E-state index contributed by atoms with van der Waals surface area (Å²) in [7, 11) is 0. The van der Waals surface area contributed by atoms with Gasteiger partial charge in [0.05, 0.1) is 18.4 Å². The minimum atomic E-state index is -0.873. The molecule has 1 aromatic rings. The van der Waals surface area contributed by atoms with E-state index < -0.39 is 5.60 Å². The highest BCUT2D eigenvalue weighted by molar-refractivity contribution is 5.27. The normalized spacial score (nSPS) is 14.4. The van der Waals surface area contributed by atoms with Crippen LogP contribution < -0.4 is 10.1 Å². The summed E-state index contributed by atoms with van der Waals surface area (Å²) < 4.78 is 5.38. The van der Waals surface area contributed by atoms with Crippen molar-refractivity contribution in [2.24, 2.45) is 0 Å². The molecule has 1 rings (SSSR count).